The molecule has 0 saturated heterocycles. The molecule has 0 saturated carbocycles. The van der Waals surface area contributed by atoms with Crippen LogP contribution < -0.4 is 4.74 Å². The third-order valence-corrected chi connectivity index (χ3v) is 3.34. The summed E-state index contributed by atoms with van der Waals surface area (Å²) in [6.45, 7) is 2.22. The number of nitrogens with zero attached hydrogens (tertiary/aromatic N) is 1. The number of benzene rings is 1. The summed E-state index contributed by atoms with van der Waals surface area (Å²) in [5, 5.41) is 9.31. The maximum Gasteiger partial charge on any atom is 0.253 e. The zero-order valence-corrected chi connectivity index (χ0v) is 12.5. The van der Waals surface area contributed by atoms with Crippen LogP contribution in [0.5, 0.6) is 5.75 Å². The molecular formula is C14H16BrNO3. The number of rotatable bonds is 3. The quantitative estimate of drug-likeness (QED) is 0.925. The van der Waals surface area contributed by atoms with Crippen molar-refractivity contribution in [3.05, 3.63) is 33.8 Å². The van der Waals surface area contributed by atoms with Crippen molar-refractivity contribution in [1.82, 2.24) is 4.90 Å². The predicted octanol–water partition coefficient (Wildman–Crippen LogP) is 2.06. The van der Waals surface area contributed by atoms with E-state index in [0.29, 0.717) is 12.1 Å². The van der Waals surface area contributed by atoms with Gasteiger partial charge in [-0.1, -0.05) is 15.9 Å². The highest BCUT2D eigenvalue weighted by atomic mass is 79.9. The molecule has 0 aromatic heterocycles. The van der Waals surface area contributed by atoms with Gasteiger partial charge in [0.2, 0.25) is 0 Å². The van der Waals surface area contributed by atoms with Crippen molar-refractivity contribution in [3.63, 3.8) is 0 Å². The molecule has 1 heterocycles. The SMILES string of the molecule is CC(O)CN(C)C(=O)C1=Cc2cc(Br)ccc2OC1. The minimum Gasteiger partial charge on any atom is -0.488 e. The number of amides is 1. The topological polar surface area (TPSA) is 49.8 Å². The van der Waals surface area contributed by atoms with E-state index in [1.807, 2.05) is 24.3 Å². The molecule has 1 atom stereocenters. The minimum absolute atomic E-state index is 0.119. The lowest BCUT2D eigenvalue weighted by atomic mass is 10.1. The van der Waals surface area contributed by atoms with Crippen LogP contribution in [-0.2, 0) is 4.79 Å². The van der Waals surface area contributed by atoms with Gasteiger partial charge in [0.1, 0.15) is 12.4 Å². The highest BCUT2D eigenvalue weighted by molar-refractivity contribution is 9.10. The number of carbonyl (C=O) groups excluding carboxylic acids is 1. The van der Waals surface area contributed by atoms with Crippen LogP contribution in [0.1, 0.15) is 12.5 Å². The Hall–Kier alpha value is -1.33. The molecule has 1 unspecified atom stereocenters. The summed E-state index contributed by atoms with van der Waals surface area (Å²) in [7, 11) is 1.67. The van der Waals surface area contributed by atoms with Crippen molar-refractivity contribution in [2.24, 2.45) is 0 Å². The Balaban J connectivity index is 2.20. The van der Waals surface area contributed by atoms with Crippen LogP contribution in [0.25, 0.3) is 6.08 Å². The highest BCUT2D eigenvalue weighted by Crippen LogP contribution is 2.29. The number of hydrogen-bond donors (Lipinski definition) is 1. The summed E-state index contributed by atoms with van der Waals surface area (Å²) in [4.78, 5) is 13.7. The lowest BCUT2D eigenvalue weighted by Crippen LogP contribution is -2.35. The second-order valence-electron chi connectivity index (χ2n) is 4.68. The van der Waals surface area contributed by atoms with E-state index in [4.69, 9.17) is 4.74 Å². The number of aliphatic hydroxyl groups is 1. The number of carbonyl (C=O) groups is 1. The number of ether oxygens (including phenoxy) is 1. The maximum atomic E-state index is 12.2. The van der Waals surface area contributed by atoms with E-state index < -0.39 is 6.10 Å². The zero-order valence-electron chi connectivity index (χ0n) is 10.9. The Kier molecular flexibility index (Phi) is 4.27. The Morgan fingerprint density at radius 2 is 2.32 bits per heavy atom. The van der Waals surface area contributed by atoms with E-state index in [2.05, 4.69) is 15.9 Å². The molecule has 1 amide bonds. The molecule has 4 nitrogen and oxygen atoms in total. The summed E-state index contributed by atoms with van der Waals surface area (Å²) in [5.74, 6) is 0.657. The second-order valence-corrected chi connectivity index (χ2v) is 5.59. The fourth-order valence-corrected chi connectivity index (χ4v) is 2.38. The van der Waals surface area contributed by atoms with Crippen molar-refractivity contribution in [2.75, 3.05) is 20.2 Å². The molecule has 1 N–H and O–H groups in total. The molecule has 0 bridgehead atoms. The van der Waals surface area contributed by atoms with Crippen LogP contribution in [0.3, 0.4) is 0 Å². The van der Waals surface area contributed by atoms with Gasteiger partial charge >= 0.3 is 0 Å². The Labute approximate surface area is 120 Å². The molecule has 1 aliphatic rings. The van der Waals surface area contributed by atoms with E-state index >= 15 is 0 Å². The molecule has 0 aliphatic carbocycles. The number of hydrogen-bond acceptors (Lipinski definition) is 3. The third kappa shape index (κ3) is 3.36. The predicted molar refractivity (Wildman–Crippen MR) is 76.9 cm³/mol. The van der Waals surface area contributed by atoms with Crippen LogP contribution >= 0.6 is 15.9 Å². The van der Waals surface area contributed by atoms with Crippen LogP contribution in [-0.4, -0.2) is 42.2 Å². The lowest BCUT2D eigenvalue weighted by molar-refractivity contribution is -0.127. The van der Waals surface area contributed by atoms with Crippen LogP contribution in [0.4, 0.5) is 0 Å². The number of aliphatic hydroxyl groups excluding tert-OH is 1. The fourth-order valence-electron chi connectivity index (χ4n) is 2.00. The first-order chi connectivity index (χ1) is 8.97. The van der Waals surface area contributed by atoms with Gasteiger partial charge in [0, 0.05) is 23.6 Å². The first-order valence-electron chi connectivity index (χ1n) is 6.04. The zero-order chi connectivity index (χ0) is 14.0. The molecule has 19 heavy (non-hydrogen) atoms. The van der Waals surface area contributed by atoms with Gasteiger partial charge < -0.3 is 14.7 Å². The van der Waals surface area contributed by atoms with E-state index in [-0.39, 0.29) is 12.5 Å². The maximum absolute atomic E-state index is 12.2. The summed E-state index contributed by atoms with van der Waals surface area (Å²) < 4.78 is 6.51. The van der Waals surface area contributed by atoms with E-state index in [9.17, 15) is 9.90 Å². The highest BCUT2D eigenvalue weighted by Gasteiger charge is 2.20. The van der Waals surface area contributed by atoms with Gasteiger partial charge in [0.25, 0.3) is 5.91 Å². The molecule has 102 valence electrons. The van der Waals surface area contributed by atoms with Crippen molar-refractivity contribution in [1.29, 1.82) is 0 Å². The number of halogens is 1. The molecule has 1 aromatic carbocycles. The van der Waals surface area contributed by atoms with Gasteiger partial charge in [-0.3, -0.25) is 4.79 Å². The van der Waals surface area contributed by atoms with Crippen LogP contribution in [0.15, 0.2) is 28.2 Å². The summed E-state index contributed by atoms with van der Waals surface area (Å²) >= 11 is 3.40. The standard InChI is InChI=1S/C14H16BrNO3/c1-9(17)7-16(2)14(18)11-5-10-6-12(15)3-4-13(10)19-8-11/h3-6,9,17H,7-8H2,1-2H3. The van der Waals surface area contributed by atoms with Crippen molar-refractivity contribution in [3.8, 4) is 5.75 Å². The lowest BCUT2D eigenvalue weighted by Gasteiger charge is -2.23. The fraction of sp³-hybridized carbons (Fsp3) is 0.357. The van der Waals surface area contributed by atoms with Gasteiger partial charge in [0.15, 0.2) is 0 Å². The van der Waals surface area contributed by atoms with Gasteiger partial charge in [0.05, 0.1) is 11.7 Å². The summed E-state index contributed by atoms with van der Waals surface area (Å²) in [5.41, 5.74) is 1.48. The minimum atomic E-state index is -0.541. The molecule has 0 radical (unpaired) electrons. The van der Waals surface area contributed by atoms with E-state index in [1.54, 1.807) is 14.0 Å². The first kappa shape index (κ1) is 14.1. The molecular weight excluding hydrogens is 310 g/mol. The van der Waals surface area contributed by atoms with Gasteiger partial charge in [-0.2, -0.15) is 0 Å². The molecule has 1 aromatic rings. The van der Waals surface area contributed by atoms with Gasteiger partial charge in [-0.05, 0) is 31.2 Å². The van der Waals surface area contributed by atoms with Crippen molar-refractivity contribution in [2.45, 2.75) is 13.0 Å². The molecule has 1 aliphatic heterocycles. The van der Waals surface area contributed by atoms with Crippen LogP contribution in [0.2, 0.25) is 0 Å². The first-order valence-corrected chi connectivity index (χ1v) is 6.83. The smallest absolute Gasteiger partial charge is 0.253 e. The molecule has 5 heteroatoms. The van der Waals surface area contributed by atoms with E-state index in [0.717, 1.165) is 15.8 Å². The van der Waals surface area contributed by atoms with Crippen LogP contribution in [0, 0.1) is 0 Å². The average Bonchev–Trinajstić information content (AvgIpc) is 2.36. The largest absolute Gasteiger partial charge is 0.488 e. The third-order valence-electron chi connectivity index (χ3n) is 2.84. The van der Waals surface area contributed by atoms with Gasteiger partial charge in [-0.15, -0.1) is 0 Å². The average molecular weight is 326 g/mol. The molecule has 0 fully saturated rings. The van der Waals surface area contributed by atoms with Crippen molar-refractivity contribution >= 4 is 27.9 Å². The Morgan fingerprint density at radius 1 is 1.58 bits per heavy atom. The Bertz CT molecular complexity index is 525. The normalized spacial score (nSPS) is 15.1. The Morgan fingerprint density at radius 3 is 3.00 bits per heavy atom. The summed E-state index contributed by atoms with van der Waals surface area (Å²) in [6.07, 6.45) is 1.30. The summed E-state index contributed by atoms with van der Waals surface area (Å²) in [6, 6.07) is 5.69. The molecule has 0 spiro atoms. The molecule has 2 rings (SSSR count). The van der Waals surface area contributed by atoms with Crippen molar-refractivity contribution < 1.29 is 14.6 Å². The van der Waals surface area contributed by atoms with Gasteiger partial charge in [-0.25, -0.2) is 0 Å². The monoisotopic (exact) mass is 325 g/mol. The van der Waals surface area contributed by atoms with E-state index in [1.165, 1.54) is 4.90 Å². The number of fused-ring (bicyclic) bond motifs is 1. The number of likely N-dealkylation sites (N-methyl/N-ethyl adjacent to an activating group) is 1. The second kappa shape index (κ2) is 5.75.